The number of hydrogen-bond acceptors (Lipinski definition) is 7. The van der Waals surface area contributed by atoms with Crippen molar-refractivity contribution in [3.8, 4) is 0 Å². The van der Waals surface area contributed by atoms with Crippen LogP contribution < -0.4 is 11.1 Å². The summed E-state index contributed by atoms with van der Waals surface area (Å²) in [7, 11) is 1.97. The van der Waals surface area contributed by atoms with Crippen LogP contribution in [0, 0.1) is 5.92 Å². The molecule has 42 heavy (non-hydrogen) atoms. The summed E-state index contributed by atoms with van der Waals surface area (Å²) in [5.74, 6) is -3.01. The Morgan fingerprint density at radius 3 is 2.62 bits per heavy atom. The number of aromatic nitrogens is 2. The smallest absolute Gasteiger partial charge is 0.313 e. The summed E-state index contributed by atoms with van der Waals surface area (Å²) in [6.45, 7) is 4.53. The summed E-state index contributed by atoms with van der Waals surface area (Å²) in [6, 6.07) is 7.36. The molecule has 0 radical (unpaired) electrons. The molecule has 0 saturated carbocycles. The molecule has 3 aliphatic heterocycles. The first-order chi connectivity index (χ1) is 20.0. The predicted molar refractivity (Wildman–Crippen MR) is 161 cm³/mol. The second-order valence-electron chi connectivity index (χ2n) is 12.4. The van der Waals surface area contributed by atoms with Gasteiger partial charge in [0.05, 0.1) is 33.2 Å². The molecule has 6 rings (SSSR count). The monoisotopic (exact) mass is 596 g/mol. The Balaban J connectivity index is 1.21. The third kappa shape index (κ3) is 5.60. The summed E-state index contributed by atoms with van der Waals surface area (Å²) >= 11 is 1.64. The highest BCUT2D eigenvalue weighted by atomic mass is 32.1. The van der Waals surface area contributed by atoms with Gasteiger partial charge in [-0.2, -0.15) is 0 Å². The van der Waals surface area contributed by atoms with E-state index >= 15 is 0 Å². The van der Waals surface area contributed by atoms with E-state index in [1.807, 2.05) is 32.2 Å². The number of likely N-dealkylation sites (tertiary alicyclic amines) is 1. The molecule has 1 aromatic carbocycles. The number of halogens is 2. The molecule has 2 bridgehead atoms. The fourth-order valence-electron chi connectivity index (χ4n) is 7.07. The van der Waals surface area contributed by atoms with E-state index in [0.717, 1.165) is 39.2 Å². The van der Waals surface area contributed by atoms with Gasteiger partial charge in [-0.05, 0) is 74.4 Å². The number of nitrogens with two attached hydrogens (primary N) is 1. The van der Waals surface area contributed by atoms with Crippen molar-refractivity contribution < 1.29 is 18.4 Å². The Labute approximate surface area is 248 Å². The molecule has 2 aromatic heterocycles. The number of benzene rings is 1. The second-order valence-corrected chi connectivity index (χ2v) is 13.5. The SMILES string of the molecule is CCc1cc(NC(=O)C(=O)N2C[C@@H](C)CC[C@@H]2c2ccc3sc(C4CC5CC(F)(F)CC(C4)N5C)nc3c2)cnc1N. The maximum atomic E-state index is 14.2. The van der Waals surface area contributed by atoms with Gasteiger partial charge < -0.3 is 16.0 Å². The summed E-state index contributed by atoms with van der Waals surface area (Å²) in [5, 5.41) is 3.72. The summed E-state index contributed by atoms with van der Waals surface area (Å²) in [4.78, 5) is 39.5. The number of rotatable bonds is 4. The predicted octanol–water partition coefficient (Wildman–Crippen LogP) is 5.75. The van der Waals surface area contributed by atoms with Crippen LogP contribution in [-0.2, 0) is 16.0 Å². The fourth-order valence-corrected chi connectivity index (χ4v) is 8.14. The molecule has 4 atom stereocenters. The minimum absolute atomic E-state index is 0.0856. The summed E-state index contributed by atoms with van der Waals surface area (Å²) in [5.41, 5.74) is 8.96. The van der Waals surface area contributed by atoms with Crippen LogP contribution in [0.2, 0.25) is 0 Å². The van der Waals surface area contributed by atoms with Crippen LogP contribution in [0.3, 0.4) is 0 Å². The van der Waals surface area contributed by atoms with Gasteiger partial charge in [0.15, 0.2) is 0 Å². The number of anilines is 2. The van der Waals surface area contributed by atoms with Crippen LogP contribution in [0.15, 0.2) is 30.5 Å². The highest BCUT2D eigenvalue weighted by Gasteiger charge is 2.48. The van der Waals surface area contributed by atoms with Gasteiger partial charge in [-0.3, -0.25) is 14.5 Å². The number of hydrogen-bond donors (Lipinski definition) is 2. The molecular formula is C31H38F2N6O2S. The topological polar surface area (TPSA) is 104 Å². The molecule has 5 heterocycles. The number of alkyl halides is 2. The van der Waals surface area contributed by atoms with Crippen LogP contribution in [0.25, 0.3) is 10.2 Å². The molecule has 8 nitrogen and oxygen atoms in total. The summed E-state index contributed by atoms with van der Waals surface area (Å²) in [6.07, 6.45) is 5.03. The number of carbonyl (C=O) groups excluding carboxylic acids is 2. The first-order valence-corrected chi connectivity index (χ1v) is 15.7. The van der Waals surface area contributed by atoms with Crippen molar-refractivity contribution in [3.05, 3.63) is 46.6 Å². The van der Waals surface area contributed by atoms with Gasteiger partial charge in [0, 0.05) is 37.4 Å². The van der Waals surface area contributed by atoms with Gasteiger partial charge in [0.1, 0.15) is 5.82 Å². The average molecular weight is 597 g/mol. The van der Waals surface area contributed by atoms with Crippen LogP contribution in [0.1, 0.15) is 80.5 Å². The zero-order valence-electron chi connectivity index (χ0n) is 24.3. The van der Waals surface area contributed by atoms with E-state index in [2.05, 4.69) is 22.1 Å². The molecule has 11 heteroatoms. The number of amides is 2. The maximum Gasteiger partial charge on any atom is 0.313 e. The normalized spacial score (nSPS) is 27.6. The maximum absolute atomic E-state index is 14.2. The highest BCUT2D eigenvalue weighted by Crippen LogP contribution is 2.47. The Bertz CT molecular complexity index is 1490. The lowest BCUT2D eigenvalue weighted by Crippen LogP contribution is -2.55. The summed E-state index contributed by atoms with van der Waals surface area (Å²) < 4.78 is 29.5. The highest BCUT2D eigenvalue weighted by molar-refractivity contribution is 7.18. The van der Waals surface area contributed by atoms with E-state index in [9.17, 15) is 18.4 Å². The van der Waals surface area contributed by atoms with Crippen molar-refractivity contribution in [2.45, 2.75) is 88.8 Å². The number of pyridine rings is 1. The number of nitrogens with zero attached hydrogens (tertiary/aromatic N) is 4. The van der Waals surface area contributed by atoms with Crippen LogP contribution in [0.5, 0.6) is 0 Å². The third-order valence-electron chi connectivity index (χ3n) is 9.41. The van der Waals surface area contributed by atoms with Gasteiger partial charge in [-0.1, -0.05) is 19.9 Å². The lowest BCUT2D eigenvalue weighted by atomic mass is 9.77. The number of piperidine rings is 3. The molecule has 3 fully saturated rings. The van der Waals surface area contributed by atoms with Gasteiger partial charge >= 0.3 is 11.8 Å². The molecular weight excluding hydrogens is 558 g/mol. The van der Waals surface area contributed by atoms with Crippen molar-refractivity contribution in [2.75, 3.05) is 24.6 Å². The van der Waals surface area contributed by atoms with Gasteiger partial charge in [0.25, 0.3) is 5.92 Å². The number of nitrogens with one attached hydrogen (secondary N) is 1. The van der Waals surface area contributed by atoms with Crippen LogP contribution >= 0.6 is 11.3 Å². The van der Waals surface area contributed by atoms with Crippen LogP contribution in [-0.4, -0.2) is 63.2 Å². The molecule has 2 unspecified atom stereocenters. The van der Waals surface area contributed by atoms with Crippen molar-refractivity contribution in [1.29, 1.82) is 0 Å². The molecule has 2 amide bonds. The van der Waals surface area contributed by atoms with Crippen molar-refractivity contribution >= 4 is 44.9 Å². The molecule has 3 saturated heterocycles. The molecule has 224 valence electrons. The number of fused-ring (bicyclic) bond motifs is 3. The minimum Gasteiger partial charge on any atom is -0.383 e. The van der Waals surface area contributed by atoms with E-state index < -0.39 is 17.7 Å². The molecule has 0 aliphatic carbocycles. The van der Waals surface area contributed by atoms with Crippen molar-refractivity contribution in [2.24, 2.45) is 5.92 Å². The molecule has 0 spiro atoms. The van der Waals surface area contributed by atoms with E-state index in [1.165, 1.54) is 6.20 Å². The molecule has 3 aliphatic rings. The van der Waals surface area contributed by atoms with E-state index in [1.54, 1.807) is 22.3 Å². The molecule has 3 N–H and O–H groups in total. The second kappa shape index (κ2) is 11.1. The Hall–Kier alpha value is -3.18. The number of thiazole rings is 1. The van der Waals surface area contributed by atoms with E-state index in [-0.39, 0.29) is 42.8 Å². The van der Waals surface area contributed by atoms with Crippen molar-refractivity contribution in [1.82, 2.24) is 19.8 Å². The Morgan fingerprint density at radius 1 is 1.17 bits per heavy atom. The fraction of sp³-hybridized carbons (Fsp3) is 0.548. The van der Waals surface area contributed by atoms with E-state index in [4.69, 9.17) is 10.7 Å². The third-order valence-corrected chi connectivity index (χ3v) is 10.6. The van der Waals surface area contributed by atoms with Gasteiger partial charge in [0.2, 0.25) is 0 Å². The standard InChI is InChI=1S/C31H38F2N6O2S/c1-4-18-9-21(15-35-27(18)34)36-28(40)30(41)39-16-17(2)5-7-25(39)19-6-8-26-24(12-19)37-29(42-26)20-10-22-13-31(32,33)14-23(11-20)38(22)3/h6,8-9,12,15,17,20,22-23,25H,4-5,7,10-11,13-14,16H2,1-3H3,(H2,34,35)(H,36,40)/t17-,20?,22?,23?,25+/m0/s1. The lowest BCUT2D eigenvalue weighted by molar-refractivity contribution is -0.146. The first kappa shape index (κ1) is 28.9. The number of nitrogen functional groups attached to an aromatic ring is 1. The van der Waals surface area contributed by atoms with Gasteiger partial charge in [-0.25, -0.2) is 18.7 Å². The number of aryl methyl sites for hydroxylation is 1. The molecule has 3 aromatic rings. The Morgan fingerprint density at radius 2 is 1.90 bits per heavy atom. The van der Waals surface area contributed by atoms with Gasteiger partial charge in [-0.15, -0.1) is 11.3 Å². The quantitative estimate of drug-likeness (QED) is 0.372. The minimum atomic E-state index is -2.59. The first-order valence-electron chi connectivity index (χ1n) is 14.9. The zero-order valence-corrected chi connectivity index (χ0v) is 25.1. The largest absolute Gasteiger partial charge is 0.383 e. The average Bonchev–Trinajstić information content (AvgIpc) is 3.38. The van der Waals surface area contributed by atoms with Crippen molar-refractivity contribution in [3.63, 3.8) is 0 Å². The number of carbonyl (C=O) groups is 2. The van der Waals surface area contributed by atoms with Crippen LogP contribution in [0.4, 0.5) is 20.3 Å². The van der Waals surface area contributed by atoms with E-state index in [0.29, 0.717) is 37.3 Å². The lowest BCUT2D eigenvalue weighted by Gasteiger charge is -2.49. The Kier molecular flexibility index (Phi) is 7.67. The zero-order chi connectivity index (χ0) is 29.8.